The van der Waals surface area contributed by atoms with Crippen LogP contribution in [-0.4, -0.2) is 55.1 Å². The van der Waals surface area contributed by atoms with Crippen molar-refractivity contribution in [3.05, 3.63) is 29.8 Å². The number of carbonyl (C=O) groups is 3. The van der Waals surface area contributed by atoms with Gasteiger partial charge in [-0.15, -0.1) is 0 Å². The molecule has 0 atom stereocenters. The number of nitrogens with zero attached hydrogens (tertiary/aromatic N) is 2. The normalized spacial score (nSPS) is 13.6. The molecule has 1 aliphatic heterocycles. The number of benzene rings is 1. The zero-order valence-electron chi connectivity index (χ0n) is 16.3. The van der Waals surface area contributed by atoms with Crippen molar-refractivity contribution in [1.29, 1.82) is 0 Å². The van der Waals surface area contributed by atoms with E-state index in [0.29, 0.717) is 0 Å². The van der Waals surface area contributed by atoms with Gasteiger partial charge in [0, 0.05) is 32.2 Å². The van der Waals surface area contributed by atoms with Crippen LogP contribution in [0.25, 0.3) is 0 Å². The Bertz CT molecular complexity index is 635. The Balaban J connectivity index is 2.19. The molecule has 0 aromatic heterocycles. The Morgan fingerprint density at radius 3 is 1.96 bits per heavy atom. The molecule has 0 radical (unpaired) electrons. The van der Waals surface area contributed by atoms with Crippen LogP contribution in [0.15, 0.2) is 24.3 Å². The molecule has 0 aliphatic carbocycles. The maximum atomic E-state index is 12.3. The summed E-state index contributed by atoms with van der Waals surface area (Å²) >= 11 is 0. The zero-order valence-corrected chi connectivity index (χ0v) is 16.3. The molecule has 0 bridgehead atoms. The van der Waals surface area contributed by atoms with Crippen molar-refractivity contribution >= 4 is 23.5 Å². The Kier molecular flexibility index (Phi) is 7.64. The van der Waals surface area contributed by atoms with Crippen LogP contribution >= 0.6 is 0 Å². The van der Waals surface area contributed by atoms with Gasteiger partial charge in [0.05, 0.1) is 13.2 Å². The Hall–Kier alpha value is -2.57. The lowest BCUT2D eigenvalue weighted by Crippen LogP contribution is -2.50. The molecular weight excluding hydrogens is 348 g/mol. The second kappa shape index (κ2) is 9.94. The summed E-state index contributed by atoms with van der Waals surface area (Å²) in [5, 5.41) is 0. The summed E-state index contributed by atoms with van der Waals surface area (Å²) < 4.78 is 9.97. The average Bonchev–Trinajstić information content (AvgIpc) is 3.17. The standard InChI is InChI=1S/C20H28N2O5/c1-4-26-19(24)18(20(25)27-5-2)22(15(3)23)14-16-8-10-17(11-9-16)21-12-6-7-13-21/h8-11,18H,4-7,12-14H2,1-3H3. The molecule has 1 aromatic carbocycles. The van der Waals surface area contributed by atoms with Gasteiger partial charge in [-0.25, -0.2) is 9.59 Å². The van der Waals surface area contributed by atoms with Gasteiger partial charge in [-0.2, -0.15) is 0 Å². The van der Waals surface area contributed by atoms with Crippen molar-refractivity contribution in [3.63, 3.8) is 0 Å². The summed E-state index contributed by atoms with van der Waals surface area (Å²) in [7, 11) is 0. The van der Waals surface area contributed by atoms with Crippen molar-refractivity contribution in [1.82, 2.24) is 4.90 Å². The minimum atomic E-state index is -1.40. The Labute approximate surface area is 160 Å². The second-order valence-corrected chi connectivity index (χ2v) is 6.41. The van der Waals surface area contributed by atoms with Gasteiger partial charge in [-0.3, -0.25) is 4.79 Å². The van der Waals surface area contributed by atoms with E-state index in [1.807, 2.05) is 24.3 Å². The molecule has 0 spiro atoms. The van der Waals surface area contributed by atoms with Crippen molar-refractivity contribution in [3.8, 4) is 0 Å². The Morgan fingerprint density at radius 2 is 1.52 bits per heavy atom. The summed E-state index contributed by atoms with van der Waals surface area (Å²) in [5.74, 6) is -1.95. The molecule has 1 aliphatic rings. The van der Waals surface area contributed by atoms with Crippen LogP contribution in [0.4, 0.5) is 5.69 Å². The molecule has 1 aromatic rings. The third kappa shape index (κ3) is 5.45. The smallest absolute Gasteiger partial charge is 0.340 e. The number of hydrogen-bond acceptors (Lipinski definition) is 6. The van der Waals surface area contributed by atoms with Gasteiger partial charge in [0.2, 0.25) is 11.9 Å². The highest BCUT2D eigenvalue weighted by atomic mass is 16.6. The highest BCUT2D eigenvalue weighted by Gasteiger charge is 2.37. The van der Waals surface area contributed by atoms with E-state index < -0.39 is 23.9 Å². The van der Waals surface area contributed by atoms with E-state index in [-0.39, 0.29) is 19.8 Å². The van der Waals surface area contributed by atoms with E-state index >= 15 is 0 Å². The molecule has 1 heterocycles. The van der Waals surface area contributed by atoms with E-state index in [0.717, 1.165) is 24.3 Å². The Morgan fingerprint density at radius 1 is 1.00 bits per heavy atom. The maximum Gasteiger partial charge on any atom is 0.340 e. The molecule has 1 saturated heterocycles. The van der Waals surface area contributed by atoms with Gasteiger partial charge in [-0.1, -0.05) is 12.1 Å². The first kappa shape index (κ1) is 20.7. The van der Waals surface area contributed by atoms with E-state index in [4.69, 9.17) is 9.47 Å². The van der Waals surface area contributed by atoms with E-state index in [1.165, 1.54) is 24.7 Å². The number of anilines is 1. The lowest BCUT2D eigenvalue weighted by molar-refractivity contribution is -0.167. The predicted molar refractivity (Wildman–Crippen MR) is 101 cm³/mol. The van der Waals surface area contributed by atoms with Gasteiger partial charge in [0.1, 0.15) is 0 Å². The van der Waals surface area contributed by atoms with Gasteiger partial charge >= 0.3 is 11.9 Å². The molecule has 7 nitrogen and oxygen atoms in total. The zero-order chi connectivity index (χ0) is 19.8. The van der Waals surface area contributed by atoms with Crippen LogP contribution in [0.3, 0.4) is 0 Å². The topological polar surface area (TPSA) is 76.2 Å². The number of carbonyl (C=O) groups excluding carboxylic acids is 3. The van der Waals surface area contributed by atoms with Crippen LogP contribution in [0.5, 0.6) is 0 Å². The fourth-order valence-corrected chi connectivity index (χ4v) is 3.16. The molecule has 7 heteroatoms. The molecule has 1 amide bonds. The average molecular weight is 376 g/mol. The van der Waals surface area contributed by atoms with Gasteiger partial charge in [-0.05, 0) is 44.4 Å². The molecule has 1 fully saturated rings. The highest BCUT2D eigenvalue weighted by molar-refractivity contribution is 6.02. The molecular formula is C20H28N2O5. The third-order valence-electron chi connectivity index (χ3n) is 4.50. The first-order valence-electron chi connectivity index (χ1n) is 9.42. The van der Waals surface area contributed by atoms with Crippen molar-refractivity contribution in [2.24, 2.45) is 0 Å². The van der Waals surface area contributed by atoms with E-state index in [9.17, 15) is 14.4 Å². The fourth-order valence-electron chi connectivity index (χ4n) is 3.16. The molecule has 2 rings (SSSR count). The molecule has 148 valence electrons. The highest BCUT2D eigenvalue weighted by Crippen LogP contribution is 2.21. The third-order valence-corrected chi connectivity index (χ3v) is 4.50. The van der Waals surface area contributed by atoms with Crippen LogP contribution in [0.1, 0.15) is 39.2 Å². The van der Waals surface area contributed by atoms with Gasteiger partial charge < -0.3 is 19.3 Å². The lowest BCUT2D eigenvalue weighted by atomic mass is 10.1. The molecule has 0 N–H and O–H groups in total. The summed E-state index contributed by atoms with van der Waals surface area (Å²) in [6.45, 7) is 7.07. The van der Waals surface area contributed by atoms with Crippen molar-refractivity contribution in [2.45, 2.75) is 46.2 Å². The summed E-state index contributed by atoms with van der Waals surface area (Å²) in [4.78, 5) is 40.3. The van der Waals surface area contributed by atoms with E-state index in [1.54, 1.807) is 13.8 Å². The summed E-state index contributed by atoms with van der Waals surface area (Å²) in [6.07, 6.45) is 2.39. The second-order valence-electron chi connectivity index (χ2n) is 6.41. The lowest BCUT2D eigenvalue weighted by Gasteiger charge is -2.28. The molecule has 27 heavy (non-hydrogen) atoms. The number of rotatable bonds is 8. The van der Waals surface area contributed by atoms with Crippen molar-refractivity contribution in [2.75, 3.05) is 31.2 Å². The molecule has 0 unspecified atom stereocenters. The number of ether oxygens (including phenoxy) is 2. The van der Waals surface area contributed by atoms with Crippen LogP contribution in [-0.2, 0) is 30.4 Å². The predicted octanol–water partition coefficient (Wildman–Crippen LogP) is 2.13. The maximum absolute atomic E-state index is 12.3. The van der Waals surface area contributed by atoms with Crippen LogP contribution in [0.2, 0.25) is 0 Å². The number of esters is 2. The van der Waals surface area contributed by atoms with Crippen LogP contribution < -0.4 is 4.90 Å². The largest absolute Gasteiger partial charge is 0.464 e. The SMILES string of the molecule is CCOC(=O)C(C(=O)OCC)N(Cc1ccc(N2CCCC2)cc1)C(C)=O. The quantitative estimate of drug-likeness (QED) is 0.511. The number of hydrogen-bond donors (Lipinski definition) is 0. The van der Waals surface area contributed by atoms with E-state index in [2.05, 4.69) is 4.90 Å². The van der Waals surface area contributed by atoms with Gasteiger partial charge in [0.25, 0.3) is 0 Å². The summed E-state index contributed by atoms with van der Waals surface area (Å²) in [6, 6.07) is 6.43. The van der Waals surface area contributed by atoms with Crippen molar-refractivity contribution < 1.29 is 23.9 Å². The first-order valence-corrected chi connectivity index (χ1v) is 9.42. The van der Waals surface area contributed by atoms with Crippen LogP contribution in [0, 0.1) is 0 Å². The van der Waals surface area contributed by atoms with Gasteiger partial charge in [0.15, 0.2) is 0 Å². The minimum Gasteiger partial charge on any atom is -0.464 e. The minimum absolute atomic E-state index is 0.116. The number of amides is 1. The summed E-state index contributed by atoms with van der Waals surface area (Å²) in [5.41, 5.74) is 1.96. The first-order chi connectivity index (χ1) is 13.0. The monoisotopic (exact) mass is 376 g/mol. The fraction of sp³-hybridized carbons (Fsp3) is 0.550. The molecule has 0 saturated carbocycles.